The molecule has 11 nitrogen and oxygen atoms in total. The van der Waals surface area contributed by atoms with Crippen LogP contribution in [0.3, 0.4) is 0 Å². The molecule has 3 rings (SSSR count). The highest BCUT2D eigenvalue weighted by Crippen LogP contribution is 2.29. The molecule has 1 fully saturated rings. The predicted octanol–water partition coefficient (Wildman–Crippen LogP) is 1.39. The van der Waals surface area contributed by atoms with Crippen molar-refractivity contribution in [1.29, 1.82) is 0 Å². The van der Waals surface area contributed by atoms with E-state index in [2.05, 4.69) is 15.0 Å². The molecule has 0 unspecified atom stereocenters. The van der Waals surface area contributed by atoms with Crippen LogP contribution >= 0.6 is 0 Å². The number of ether oxygens (including phenoxy) is 1. The number of nitrogen functional groups attached to an aromatic ring is 1. The van der Waals surface area contributed by atoms with Crippen LogP contribution in [0.1, 0.15) is 29.0 Å². The molecule has 11 heteroatoms. The molecule has 148 valence electrons. The first kappa shape index (κ1) is 19.3. The second-order valence-electron chi connectivity index (χ2n) is 6.53. The van der Waals surface area contributed by atoms with Gasteiger partial charge in [0.05, 0.1) is 16.2 Å². The lowest BCUT2D eigenvalue weighted by molar-refractivity contribution is -0.384. The molecule has 1 aliphatic rings. The highest BCUT2D eigenvalue weighted by Gasteiger charge is 2.24. The molecule has 1 aliphatic heterocycles. The maximum Gasteiger partial charge on any atom is 0.340 e. The lowest BCUT2D eigenvalue weighted by atomic mass is 10.1. The van der Waals surface area contributed by atoms with Crippen LogP contribution in [-0.2, 0) is 11.3 Å². The maximum absolute atomic E-state index is 12.7. The number of hydrogen-bond donors (Lipinski definition) is 1. The third-order valence-corrected chi connectivity index (χ3v) is 4.28. The van der Waals surface area contributed by atoms with Crippen molar-refractivity contribution < 1.29 is 14.5 Å². The van der Waals surface area contributed by atoms with Gasteiger partial charge in [0, 0.05) is 39.3 Å². The van der Waals surface area contributed by atoms with Crippen LogP contribution in [0.25, 0.3) is 0 Å². The number of benzene rings is 1. The van der Waals surface area contributed by atoms with Crippen LogP contribution < -0.4 is 15.5 Å². The summed E-state index contributed by atoms with van der Waals surface area (Å²) in [4.78, 5) is 39.0. The second-order valence-corrected chi connectivity index (χ2v) is 6.53. The molecule has 1 aromatic carbocycles. The molecule has 0 radical (unpaired) electrons. The topological polar surface area (TPSA) is 141 Å². The first-order valence-corrected chi connectivity index (χ1v) is 8.73. The van der Waals surface area contributed by atoms with Gasteiger partial charge in [0.1, 0.15) is 0 Å². The lowest BCUT2D eigenvalue weighted by Crippen LogP contribution is -2.22. The molecule has 1 aromatic heterocycles. The van der Waals surface area contributed by atoms with Crippen molar-refractivity contribution in [2.75, 3.05) is 42.7 Å². The number of rotatable bonds is 6. The first-order chi connectivity index (χ1) is 13.3. The minimum Gasteiger partial charge on any atom is -0.454 e. The summed E-state index contributed by atoms with van der Waals surface area (Å²) in [5.74, 6) is -0.141. The number of nitrogens with zero attached hydrogens (tertiary/aromatic N) is 6. The number of carbonyl (C=O) groups is 1. The fourth-order valence-electron chi connectivity index (χ4n) is 2.93. The third kappa shape index (κ3) is 4.24. The number of esters is 1. The predicted molar refractivity (Wildman–Crippen MR) is 102 cm³/mol. The van der Waals surface area contributed by atoms with Gasteiger partial charge in [-0.15, -0.1) is 0 Å². The minimum atomic E-state index is -0.684. The van der Waals surface area contributed by atoms with Gasteiger partial charge in [0.2, 0.25) is 11.9 Å². The van der Waals surface area contributed by atoms with E-state index in [1.54, 1.807) is 25.1 Å². The fraction of sp³-hybridized carbons (Fsp3) is 0.412. The second kappa shape index (κ2) is 8.03. The zero-order valence-corrected chi connectivity index (χ0v) is 15.7. The van der Waals surface area contributed by atoms with Gasteiger partial charge in [-0.3, -0.25) is 10.1 Å². The van der Waals surface area contributed by atoms with E-state index in [0.29, 0.717) is 11.6 Å². The highest BCUT2D eigenvalue weighted by atomic mass is 16.6. The summed E-state index contributed by atoms with van der Waals surface area (Å²) in [7, 11) is 3.49. The quantitative estimate of drug-likeness (QED) is 0.439. The number of carbonyl (C=O) groups excluding carboxylic acids is 1. The van der Waals surface area contributed by atoms with Gasteiger partial charge in [-0.05, 0) is 18.9 Å². The van der Waals surface area contributed by atoms with Crippen molar-refractivity contribution in [3.05, 3.63) is 39.7 Å². The number of hydrogen-bond acceptors (Lipinski definition) is 10. The molecular formula is C17H21N7O4. The third-order valence-electron chi connectivity index (χ3n) is 4.28. The highest BCUT2D eigenvalue weighted by molar-refractivity contribution is 5.96. The zero-order valence-electron chi connectivity index (χ0n) is 15.7. The monoisotopic (exact) mass is 387 g/mol. The molecule has 0 aliphatic carbocycles. The van der Waals surface area contributed by atoms with E-state index in [1.807, 2.05) is 4.90 Å². The Kier molecular flexibility index (Phi) is 5.52. The molecule has 28 heavy (non-hydrogen) atoms. The van der Waals surface area contributed by atoms with Crippen molar-refractivity contribution in [1.82, 2.24) is 15.0 Å². The summed E-state index contributed by atoms with van der Waals surface area (Å²) < 4.78 is 5.32. The van der Waals surface area contributed by atoms with E-state index in [9.17, 15) is 14.9 Å². The Morgan fingerprint density at radius 3 is 2.64 bits per heavy atom. The average molecular weight is 387 g/mol. The lowest BCUT2D eigenvalue weighted by Gasteiger charge is -2.20. The number of nitro benzene ring substituents is 1. The number of aromatic nitrogens is 3. The summed E-state index contributed by atoms with van der Waals surface area (Å²) >= 11 is 0. The van der Waals surface area contributed by atoms with Crippen LogP contribution in [-0.4, -0.2) is 53.0 Å². The van der Waals surface area contributed by atoms with E-state index in [0.717, 1.165) is 25.9 Å². The summed E-state index contributed by atoms with van der Waals surface area (Å²) in [6, 6.07) is 4.22. The van der Waals surface area contributed by atoms with E-state index >= 15 is 0 Å². The molecule has 0 amide bonds. The Morgan fingerprint density at radius 2 is 2.00 bits per heavy atom. The molecule has 2 N–H and O–H groups in total. The summed E-state index contributed by atoms with van der Waals surface area (Å²) in [6.07, 6.45) is 2.01. The molecule has 2 heterocycles. The molecule has 0 atom stereocenters. The van der Waals surface area contributed by atoms with E-state index < -0.39 is 10.9 Å². The standard InChI is InChI=1S/C17H21N7O4/c1-22(2)17-20-14(19-16(18)21-17)10-28-15(25)12-9-11(24(26)27)5-6-13(12)23-7-3-4-8-23/h5-6,9H,3-4,7-8,10H2,1-2H3,(H2,18,19,20,21). The molecule has 2 aromatic rings. The van der Waals surface area contributed by atoms with Crippen LogP contribution in [0, 0.1) is 10.1 Å². The average Bonchev–Trinajstić information content (AvgIpc) is 3.19. The molecule has 0 saturated carbocycles. The van der Waals surface area contributed by atoms with Gasteiger partial charge in [-0.25, -0.2) is 4.79 Å². The van der Waals surface area contributed by atoms with E-state index in [1.165, 1.54) is 12.1 Å². The summed E-state index contributed by atoms with van der Waals surface area (Å²) in [5, 5.41) is 11.1. The Balaban J connectivity index is 1.83. The number of non-ortho nitro benzene ring substituents is 1. The molecule has 0 bridgehead atoms. The summed E-state index contributed by atoms with van der Waals surface area (Å²) in [5.41, 5.74) is 6.26. The maximum atomic E-state index is 12.7. The SMILES string of the molecule is CN(C)c1nc(N)nc(COC(=O)c2cc([N+](=O)[O-])ccc2N2CCCC2)n1. The largest absolute Gasteiger partial charge is 0.454 e. The Morgan fingerprint density at radius 1 is 1.29 bits per heavy atom. The number of nitrogens with two attached hydrogens (primary N) is 1. The zero-order chi connectivity index (χ0) is 20.3. The normalized spacial score (nSPS) is 13.4. The van der Waals surface area contributed by atoms with Gasteiger partial charge in [-0.1, -0.05) is 0 Å². The van der Waals surface area contributed by atoms with E-state index in [-0.39, 0.29) is 29.6 Å². The Hall–Kier alpha value is -3.50. The number of nitro groups is 1. The fourth-order valence-corrected chi connectivity index (χ4v) is 2.93. The van der Waals surface area contributed by atoms with Crippen LogP contribution in [0.4, 0.5) is 23.3 Å². The first-order valence-electron chi connectivity index (χ1n) is 8.73. The minimum absolute atomic E-state index is 0.0119. The van der Waals surface area contributed by atoms with E-state index in [4.69, 9.17) is 10.5 Å². The number of anilines is 3. The van der Waals surface area contributed by atoms with Crippen molar-refractivity contribution in [2.45, 2.75) is 19.4 Å². The van der Waals surface area contributed by atoms with Crippen molar-refractivity contribution >= 4 is 29.2 Å². The Labute approximate surface area is 161 Å². The van der Waals surface area contributed by atoms with Crippen LogP contribution in [0.5, 0.6) is 0 Å². The smallest absolute Gasteiger partial charge is 0.340 e. The van der Waals surface area contributed by atoms with Gasteiger partial charge >= 0.3 is 5.97 Å². The van der Waals surface area contributed by atoms with Crippen molar-refractivity contribution in [3.63, 3.8) is 0 Å². The Bertz CT molecular complexity index is 897. The van der Waals surface area contributed by atoms with Gasteiger partial charge in [-0.2, -0.15) is 15.0 Å². The molecule has 0 spiro atoms. The van der Waals surface area contributed by atoms with Gasteiger partial charge < -0.3 is 20.3 Å². The van der Waals surface area contributed by atoms with Gasteiger partial charge in [0.15, 0.2) is 12.4 Å². The van der Waals surface area contributed by atoms with Crippen molar-refractivity contribution in [3.8, 4) is 0 Å². The van der Waals surface area contributed by atoms with Crippen LogP contribution in [0.15, 0.2) is 18.2 Å². The van der Waals surface area contributed by atoms with Crippen molar-refractivity contribution in [2.24, 2.45) is 0 Å². The molecule has 1 saturated heterocycles. The summed E-state index contributed by atoms with van der Waals surface area (Å²) in [6.45, 7) is 1.34. The molecular weight excluding hydrogens is 366 g/mol. The van der Waals surface area contributed by atoms with Crippen LogP contribution in [0.2, 0.25) is 0 Å². The van der Waals surface area contributed by atoms with Gasteiger partial charge in [0.25, 0.3) is 5.69 Å².